The van der Waals surface area contributed by atoms with E-state index in [9.17, 15) is 0 Å². The van der Waals surface area contributed by atoms with Crippen molar-refractivity contribution >= 4 is 0 Å². The van der Waals surface area contributed by atoms with Gasteiger partial charge in [0.1, 0.15) is 0 Å². The van der Waals surface area contributed by atoms with E-state index >= 15 is 0 Å². The van der Waals surface area contributed by atoms with Crippen LogP contribution in [0.5, 0.6) is 0 Å². The van der Waals surface area contributed by atoms with Gasteiger partial charge in [-0.15, -0.1) is 6.58 Å². The number of hydrogen-bond donors (Lipinski definition) is 1. The molecule has 1 aromatic carbocycles. The van der Waals surface area contributed by atoms with Crippen molar-refractivity contribution < 1.29 is 0 Å². The highest BCUT2D eigenvalue weighted by Crippen LogP contribution is 2.21. The Morgan fingerprint density at radius 1 is 1.36 bits per heavy atom. The summed E-state index contributed by atoms with van der Waals surface area (Å²) in [5.41, 5.74) is 7.31. The smallest absolute Gasteiger partial charge is 0.0300 e. The molecule has 2 N–H and O–H groups in total. The zero-order valence-corrected chi connectivity index (χ0v) is 8.82. The number of nitrogens with two attached hydrogens (primary N) is 1. The molecule has 0 amide bonds. The highest BCUT2D eigenvalue weighted by Gasteiger charge is 2.10. The van der Waals surface area contributed by atoms with E-state index in [2.05, 4.69) is 25.6 Å². The van der Waals surface area contributed by atoms with Gasteiger partial charge in [0, 0.05) is 6.04 Å². The Balaban J connectivity index is 2.58. The van der Waals surface area contributed by atoms with E-state index in [-0.39, 0.29) is 6.04 Å². The second-order valence-corrected chi connectivity index (χ2v) is 3.66. The summed E-state index contributed by atoms with van der Waals surface area (Å²) < 4.78 is 0. The van der Waals surface area contributed by atoms with E-state index in [1.165, 1.54) is 5.56 Å². The third-order valence-corrected chi connectivity index (χ3v) is 2.64. The van der Waals surface area contributed by atoms with E-state index in [1.54, 1.807) is 0 Å². The maximum atomic E-state index is 6.10. The van der Waals surface area contributed by atoms with Gasteiger partial charge in [-0.1, -0.05) is 43.3 Å². The molecule has 0 aliphatic rings. The van der Waals surface area contributed by atoms with Crippen LogP contribution in [-0.2, 0) is 0 Å². The number of hydrogen-bond acceptors (Lipinski definition) is 1. The molecule has 0 aliphatic heterocycles. The third-order valence-electron chi connectivity index (χ3n) is 2.64. The molecule has 2 atom stereocenters. The molecular weight excluding hydrogens is 170 g/mol. The summed E-state index contributed by atoms with van der Waals surface area (Å²) in [6.07, 6.45) is 4.11. The van der Waals surface area contributed by atoms with E-state index < -0.39 is 0 Å². The Hall–Kier alpha value is -1.08. The summed E-state index contributed by atoms with van der Waals surface area (Å²) in [7, 11) is 0. The fourth-order valence-electron chi connectivity index (χ4n) is 1.59. The molecular formula is C13H19N. The van der Waals surface area contributed by atoms with Gasteiger partial charge in [0.25, 0.3) is 0 Å². The van der Waals surface area contributed by atoms with Crippen LogP contribution in [0.2, 0.25) is 0 Å². The average molecular weight is 189 g/mol. The monoisotopic (exact) mass is 189 g/mol. The van der Waals surface area contributed by atoms with Gasteiger partial charge in [-0.05, 0) is 24.3 Å². The molecule has 0 saturated heterocycles. The molecule has 0 spiro atoms. The fourth-order valence-corrected chi connectivity index (χ4v) is 1.59. The summed E-state index contributed by atoms with van der Waals surface area (Å²) in [6.45, 7) is 5.99. The minimum atomic E-state index is 0.138. The van der Waals surface area contributed by atoms with Gasteiger partial charge in [0.15, 0.2) is 0 Å². The first-order chi connectivity index (χ1) is 6.77. The SMILES string of the molecule is C=CC(CC)CC(N)c1ccccc1. The van der Waals surface area contributed by atoms with E-state index in [0.717, 1.165) is 12.8 Å². The van der Waals surface area contributed by atoms with Crippen LogP contribution in [0.25, 0.3) is 0 Å². The Bertz CT molecular complexity index is 266. The number of allylic oxidation sites excluding steroid dienone is 1. The van der Waals surface area contributed by atoms with Gasteiger partial charge < -0.3 is 5.73 Å². The van der Waals surface area contributed by atoms with Crippen LogP contribution >= 0.6 is 0 Å². The zero-order chi connectivity index (χ0) is 10.4. The Labute approximate surface area is 86.6 Å². The molecule has 2 unspecified atom stereocenters. The lowest BCUT2D eigenvalue weighted by atomic mass is 9.94. The molecule has 0 saturated carbocycles. The topological polar surface area (TPSA) is 26.0 Å². The molecule has 76 valence electrons. The van der Waals surface area contributed by atoms with Crippen LogP contribution in [0, 0.1) is 5.92 Å². The van der Waals surface area contributed by atoms with Crippen molar-refractivity contribution in [2.24, 2.45) is 11.7 Å². The van der Waals surface area contributed by atoms with E-state index in [4.69, 9.17) is 5.73 Å². The van der Waals surface area contributed by atoms with Crippen LogP contribution in [-0.4, -0.2) is 0 Å². The van der Waals surface area contributed by atoms with Gasteiger partial charge in [-0.25, -0.2) is 0 Å². The molecule has 1 nitrogen and oxygen atoms in total. The van der Waals surface area contributed by atoms with Gasteiger partial charge in [0.05, 0.1) is 0 Å². The van der Waals surface area contributed by atoms with Gasteiger partial charge >= 0.3 is 0 Å². The van der Waals surface area contributed by atoms with E-state index in [1.807, 2.05) is 24.3 Å². The van der Waals surface area contributed by atoms with Gasteiger partial charge in [-0.3, -0.25) is 0 Å². The minimum absolute atomic E-state index is 0.138. The van der Waals surface area contributed by atoms with E-state index in [0.29, 0.717) is 5.92 Å². The van der Waals surface area contributed by atoms with Crippen molar-refractivity contribution in [1.82, 2.24) is 0 Å². The molecule has 1 heteroatoms. The largest absolute Gasteiger partial charge is 0.324 e. The number of rotatable bonds is 5. The molecule has 1 rings (SSSR count). The summed E-state index contributed by atoms with van der Waals surface area (Å²) in [5.74, 6) is 0.533. The molecule has 0 fully saturated rings. The molecule has 1 aromatic rings. The van der Waals surface area contributed by atoms with Crippen LogP contribution in [0.4, 0.5) is 0 Å². The second kappa shape index (κ2) is 5.61. The number of benzene rings is 1. The van der Waals surface area contributed by atoms with Crippen molar-refractivity contribution in [3.8, 4) is 0 Å². The molecule has 0 radical (unpaired) electrons. The van der Waals surface area contributed by atoms with Crippen LogP contribution in [0.3, 0.4) is 0 Å². The maximum absolute atomic E-state index is 6.10. The van der Waals surface area contributed by atoms with Gasteiger partial charge in [0.2, 0.25) is 0 Å². The summed E-state index contributed by atoms with van der Waals surface area (Å²) >= 11 is 0. The third kappa shape index (κ3) is 3.00. The summed E-state index contributed by atoms with van der Waals surface area (Å²) in [6, 6.07) is 10.4. The van der Waals surface area contributed by atoms with Crippen molar-refractivity contribution in [2.75, 3.05) is 0 Å². The fraction of sp³-hybridized carbons (Fsp3) is 0.385. The first kappa shape index (κ1) is 11.0. The molecule has 0 bridgehead atoms. The normalized spacial score (nSPS) is 14.7. The highest BCUT2D eigenvalue weighted by atomic mass is 14.6. The van der Waals surface area contributed by atoms with Crippen LogP contribution in [0.15, 0.2) is 43.0 Å². The second-order valence-electron chi connectivity index (χ2n) is 3.66. The zero-order valence-electron chi connectivity index (χ0n) is 8.82. The lowest BCUT2D eigenvalue weighted by molar-refractivity contribution is 0.504. The van der Waals surface area contributed by atoms with Crippen molar-refractivity contribution in [2.45, 2.75) is 25.8 Å². The molecule has 14 heavy (non-hydrogen) atoms. The summed E-state index contributed by atoms with van der Waals surface area (Å²) in [4.78, 5) is 0. The summed E-state index contributed by atoms with van der Waals surface area (Å²) in [5, 5.41) is 0. The first-order valence-electron chi connectivity index (χ1n) is 5.21. The molecule has 0 heterocycles. The maximum Gasteiger partial charge on any atom is 0.0300 e. The predicted octanol–water partition coefficient (Wildman–Crippen LogP) is 3.29. The Kier molecular flexibility index (Phi) is 4.41. The first-order valence-corrected chi connectivity index (χ1v) is 5.21. The van der Waals surface area contributed by atoms with Crippen molar-refractivity contribution in [1.29, 1.82) is 0 Å². The highest BCUT2D eigenvalue weighted by molar-refractivity contribution is 5.18. The quantitative estimate of drug-likeness (QED) is 0.707. The van der Waals surface area contributed by atoms with Crippen molar-refractivity contribution in [3.63, 3.8) is 0 Å². The van der Waals surface area contributed by atoms with Crippen LogP contribution < -0.4 is 5.73 Å². The minimum Gasteiger partial charge on any atom is -0.324 e. The standard InChI is InChI=1S/C13H19N/c1-3-11(4-2)10-13(14)12-8-6-5-7-9-12/h3,5-9,11,13H,1,4,10,14H2,2H3. The Morgan fingerprint density at radius 3 is 2.50 bits per heavy atom. The molecule has 0 aromatic heterocycles. The molecule has 0 aliphatic carbocycles. The van der Waals surface area contributed by atoms with Crippen LogP contribution in [0.1, 0.15) is 31.4 Å². The van der Waals surface area contributed by atoms with Gasteiger partial charge in [-0.2, -0.15) is 0 Å². The van der Waals surface area contributed by atoms with Crippen molar-refractivity contribution in [3.05, 3.63) is 48.6 Å². The lowest BCUT2D eigenvalue weighted by Gasteiger charge is -2.16. The average Bonchev–Trinajstić information content (AvgIpc) is 2.26. The predicted molar refractivity (Wildman–Crippen MR) is 62.0 cm³/mol. The lowest BCUT2D eigenvalue weighted by Crippen LogP contribution is -2.14. The Morgan fingerprint density at radius 2 is 2.00 bits per heavy atom.